The van der Waals surface area contributed by atoms with E-state index in [-0.39, 0.29) is 0 Å². The minimum absolute atomic E-state index is 0.337. The van der Waals surface area contributed by atoms with Gasteiger partial charge in [-0.3, -0.25) is 21.3 Å². The predicted octanol–water partition coefficient (Wildman–Crippen LogP) is 0.358. The molecule has 2 saturated heterocycles. The molecular formula is C12H26N4. The van der Waals surface area contributed by atoms with E-state index in [4.69, 9.17) is 0 Å². The minimum Gasteiger partial charge on any atom is -0.297 e. The minimum atomic E-state index is 0.337. The van der Waals surface area contributed by atoms with Crippen LogP contribution < -0.4 is 21.3 Å². The molecule has 2 heterocycles. The van der Waals surface area contributed by atoms with Gasteiger partial charge in [-0.05, 0) is 40.5 Å². The van der Waals surface area contributed by atoms with Crippen LogP contribution in [0.15, 0.2) is 0 Å². The summed E-state index contributed by atoms with van der Waals surface area (Å²) in [4.78, 5) is 0. The van der Waals surface area contributed by atoms with Crippen molar-refractivity contribution in [3.05, 3.63) is 0 Å². The zero-order chi connectivity index (χ0) is 11.7. The highest BCUT2D eigenvalue weighted by atomic mass is 15.3. The maximum atomic E-state index is 3.62. The Kier molecular flexibility index (Phi) is 3.85. The van der Waals surface area contributed by atoms with Crippen LogP contribution in [0.1, 0.15) is 40.5 Å². The maximum absolute atomic E-state index is 3.62. The molecule has 0 amide bonds. The van der Waals surface area contributed by atoms with Crippen LogP contribution in [0.4, 0.5) is 0 Å². The van der Waals surface area contributed by atoms with E-state index in [1.165, 1.54) is 12.8 Å². The van der Waals surface area contributed by atoms with Crippen molar-refractivity contribution in [2.45, 2.75) is 77.0 Å². The van der Waals surface area contributed by atoms with Gasteiger partial charge < -0.3 is 0 Å². The second kappa shape index (κ2) is 5.00. The lowest BCUT2D eigenvalue weighted by atomic mass is 10.0. The Morgan fingerprint density at radius 2 is 0.812 bits per heavy atom. The first kappa shape index (κ1) is 12.3. The normalized spacial score (nSPS) is 50.2. The second-order valence-corrected chi connectivity index (χ2v) is 5.70. The first-order valence-electron chi connectivity index (χ1n) is 6.59. The molecule has 0 aromatic carbocycles. The largest absolute Gasteiger partial charge is 0.297 e. The van der Waals surface area contributed by atoms with Crippen molar-refractivity contribution in [3.8, 4) is 0 Å². The molecule has 6 atom stereocenters. The summed E-state index contributed by atoms with van der Waals surface area (Å²) in [5, 5.41) is 14.5. The fraction of sp³-hybridized carbons (Fsp3) is 1.00. The van der Waals surface area contributed by atoms with Crippen LogP contribution in [-0.2, 0) is 0 Å². The highest BCUT2D eigenvalue weighted by molar-refractivity contribution is 4.93. The molecule has 2 aliphatic heterocycles. The van der Waals surface area contributed by atoms with Crippen LogP contribution >= 0.6 is 0 Å². The molecule has 0 aromatic heterocycles. The van der Waals surface area contributed by atoms with E-state index in [9.17, 15) is 0 Å². The topological polar surface area (TPSA) is 48.1 Å². The molecule has 2 aliphatic rings. The lowest BCUT2D eigenvalue weighted by molar-refractivity contribution is 0.148. The van der Waals surface area contributed by atoms with Crippen molar-refractivity contribution >= 4 is 0 Å². The van der Waals surface area contributed by atoms with Crippen LogP contribution in [0.3, 0.4) is 0 Å². The molecular weight excluding hydrogens is 200 g/mol. The predicted molar refractivity (Wildman–Crippen MR) is 67.2 cm³/mol. The van der Waals surface area contributed by atoms with E-state index in [0.717, 1.165) is 0 Å². The average Bonchev–Trinajstić information content (AvgIpc) is 2.14. The summed E-state index contributed by atoms with van der Waals surface area (Å²) >= 11 is 0. The van der Waals surface area contributed by atoms with Crippen molar-refractivity contribution in [3.63, 3.8) is 0 Å². The van der Waals surface area contributed by atoms with Gasteiger partial charge in [0.15, 0.2) is 0 Å². The van der Waals surface area contributed by atoms with E-state index < -0.39 is 0 Å². The summed E-state index contributed by atoms with van der Waals surface area (Å²) in [6, 6.07) is 2.38. The molecule has 4 nitrogen and oxygen atoms in total. The molecule has 2 fully saturated rings. The van der Waals surface area contributed by atoms with Crippen molar-refractivity contribution in [2.24, 2.45) is 0 Å². The van der Waals surface area contributed by atoms with Gasteiger partial charge in [-0.15, -0.1) is 0 Å². The Morgan fingerprint density at radius 3 is 1.06 bits per heavy atom. The zero-order valence-electron chi connectivity index (χ0n) is 10.9. The zero-order valence-corrected chi connectivity index (χ0v) is 10.9. The van der Waals surface area contributed by atoms with E-state index in [1.807, 2.05) is 0 Å². The Morgan fingerprint density at radius 1 is 0.562 bits per heavy atom. The van der Waals surface area contributed by atoms with Crippen molar-refractivity contribution in [1.82, 2.24) is 21.3 Å². The standard InChI is InChI=1S/C12H26N4/c1-7-5-8(2)14-11(13-7)12-15-9(3)6-10(4)16-12/h7-16H,5-6H2,1-4H3/t7-,8+,9-,10+,11?,12?. The van der Waals surface area contributed by atoms with Crippen LogP contribution in [-0.4, -0.2) is 36.5 Å². The summed E-state index contributed by atoms with van der Waals surface area (Å²) in [6.45, 7) is 9.06. The molecule has 2 rings (SSSR count). The van der Waals surface area contributed by atoms with E-state index in [1.54, 1.807) is 0 Å². The van der Waals surface area contributed by atoms with Gasteiger partial charge in [0.1, 0.15) is 0 Å². The van der Waals surface area contributed by atoms with Crippen molar-refractivity contribution < 1.29 is 0 Å². The van der Waals surface area contributed by atoms with Crippen LogP contribution in [0.25, 0.3) is 0 Å². The van der Waals surface area contributed by atoms with Gasteiger partial charge >= 0.3 is 0 Å². The Labute approximate surface area is 98.9 Å². The molecule has 0 saturated carbocycles. The first-order valence-corrected chi connectivity index (χ1v) is 6.59. The number of rotatable bonds is 1. The quantitative estimate of drug-likeness (QED) is 0.521. The molecule has 0 spiro atoms. The number of hydrogen-bond donors (Lipinski definition) is 4. The summed E-state index contributed by atoms with van der Waals surface area (Å²) in [7, 11) is 0. The first-order chi connectivity index (χ1) is 7.54. The van der Waals surface area contributed by atoms with Crippen LogP contribution in [0.5, 0.6) is 0 Å². The fourth-order valence-corrected chi connectivity index (χ4v) is 3.04. The Balaban J connectivity index is 1.95. The lowest BCUT2D eigenvalue weighted by Gasteiger charge is -2.44. The van der Waals surface area contributed by atoms with Gasteiger partial charge in [0.25, 0.3) is 0 Å². The van der Waals surface area contributed by atoms with E-state index >= 15 is 0 Å². The number of nitrogens with one attached hydrogen (secondary N) is 4. The van der Waals surface area contributed by atoms with Gasteiger partial charge in [-0.1, -0.05) is 0 Å². The van der Waals surface area contributed by atoms with Gasteiger partial charge in [0.2, 0.25) is 0 Å². The Bertz CT molecular complexity index is 189. The van der Waals surface area contributed by atoms with Gasteiger partial charge in [0, 0.05) is 24.2 Å². The monoisotopic (exact) mass is 226 g/mol. The van der Waals surface area contributed by atoms with Crippen molar-refractivity contribution in [2.75, 3.05) is 0 Å². The highest BCUT2D eigenvalue weighted by Gasteiger charge is 2.32. The van der Waals surface area contributed by atoms with E-state index in [2.05, 4.69) is 49.0 Å². The molecule has 4 heteroatoms. The van der Waals surface area contributed by atoms with Crippen LogP contribution in [0.2, 0.25) is 0 Å². The molecule has 4 N–H and O–H groups in total. The third-order valence-corrected chi connectivity index (χ3v) is 3.60. The fourth-order valence-electron chi connectivity index (χ4n) is 3.04. The lowest BCUT2D eigenvalue weighted by Crippen LogP contribution is -2.72. The smallest absolute Gasteiger partial charge is 0.0870 e. The summed E-state index contributed by atoms with van der Waals surface area (Å²) < 4.78 is 0. The molecule has 16 heavy (non-hydrogen) atoms. The molecule has 0 aliphatic carbocycles. The number of hydrogen-bond acceptors (Lipinski definition) is 4. The molecule has 2 unspecified atom stereocenters. The van der Waals surface area contributed by atoms with Gasteiger partial charge in [-0.25, -0.2) is 0 Å². The molecule has 0 bridgehead atoms. The van der Waals surface area contributed by atoms with E-state index in [0.29, 0.717) is 36.5 Å². The van der Waals surface area contributed by atoms with Gasteiger partial charge in [-0.2, -0.15) is 0 Å². The third kappa shape index (κ3) is 2.94. The SMILES string of the molecule is C[C@@H]1C[C@H](C)NC(C2N[C@H](C)C[C@H](C)N2)N1. The molecule has 0 aromatic rings. The third-order valence-electron chi connectivity index (χ3n) is 3.60. The van der Waals surface area contributed by atoms with Gasteiger partial charge in [0.05, 0.1) is 12.3 Å². The van der Waals surface area contributed by atoms with Crippen molar-refractivity contribution in [1.29, 1.82) is 0 Å². The summed E-state index contributed by atoms with van der Waals surface area (Å²) in [5.41, 5.74) is 0. The summed E-state index contributed by atoms with van der Waals surface area (Å²) in [6.07, 6.45) is 3.08. The average molecular weight is 226 g/mol. The summed E-state index contributed by atoms with van der Waals surface area (Å²) in [5.74, 6) is 0. The molecule has 0 radical (unpaired) electrons. The molecule has 94 valence electrons. The Hall–Kier alpha value is -0.160. The second-order valence-electron chi connectivity index (χ2n) is 5.70. The maximum Gasteiger partial charge on any atom is 0.0870 e. The van der Waals surface area contributed by atoms with Crippen LogP contribution in [0, 0.1) is 0 Å². The highest BCUT2D eigenvalue weighted by Crippen LogP contribution is 2.12.